The summed E-state index contributed by atoms with van der Waals surface area (Å²) in [6.07, 6.45) is 0.807. The molecule has 2 aromatic carbocycles. The first kappa shape index (κ1) is 17.9. The summed E-state index contributed by atoms with van der Waals surface area (Å²) in [7, 11) is 1.62. The van der Waals surface area contributed by atoms with Crippen molar-refractivity contribution in [2.75, 3.05) is 13.7 Å². The second-order valence-corrected chi connectivity index (χ2v) is 6.28. The van der Waals surface area contributed by atoms with Gasteiger partial charge in [0.15, 0.2) is 11.5 Å². The van der Waals surface area contributed by atoms with Crippen LogP contribution >= 0.6 is 11.3 Å². The summed E-state index contributed by atoms with van der Waals surface area (Å²) in [5, 5.41) is 2.86. The zero-order chi connectivity index (χ0) is 18.4. The van der Waals surface area contributed by atoms with E-state index in [0.29, 0.717) is 30.3 Å². The Hall–Kier alpha value is -2.86. The summed E-state index contributed by atoms with van der Waals surface area (Å²) >= 11 is 1.55. The lowest BCUT2D eigenvalue weighted by Gasteiger charge is -2.10. The molecule has 6 heteroatoms. The first-order chi connectivity index (χ1) is 12.7. The number of thiazole rings is 1. The van der Waals surface area contributed by atoms with Crippen LogP contribution in [0.3, 0.4) is 0 Å². The molecule has 5 nitrogen and oxygen atoms in total. The van der Waals surface area contributed by atoms with Crippen LogP contribution in [0, 0.1) is 0 Å². The molecular formula is C20H19NO4S. The maximum atomic E-state index is 10.7. The van der Waals surface area contributed by atoms with Gasteiger partial charge in [-0.1, -0.05) is 0 Å². The first-order valence-electron chi connectivity index (χ1n) is 8.17. The second kappa shape index (κ2) is 8.49. The molecule has 0 bridgehead atoms. The summed E-state index contributed by atoms with van der Waals surface area (Å²) in [6.45, 7) is 2.89. The number of carbonyl (C=O) groups excluding carboxylic acids is 1. The van der Waals surface area contributed by atoms with Crippen LogP contribution in [0.4, 0.5) is 0 Å². The minimum atomic E-state index is 0.366. The molecule has 0 atom stereocenters. The van der Waals surface area contributed by atoms with E-state index in [0.717, 1.165) is 28.3 Å². The monoisotopic (exact) mass is 369 g/mol. The molecule has 0 amide bonds. The van der Waals surface area contributed by atoms with E-state index in [2.05, 4.69) is 4.98 Å². The molecule has 26 heavy (non-hydrogen) atoms. The number of ether oxygens (including phenoxy) is 3. The molecule has 3 rings (SSSR count). The van der Waals surface area contributed by atoms with Crippen LogP contribution in [-0.2, 0) is 6.61 Å². The lowest BCUT2D eigenvalue weighted by atomic mass is 10.2. The number of benzene rings is 2. The summed E-state index contributed by atoms with van der Waals surface area (Å²) in [5.41, 5.74) is 2.44. The Morgan fingerprint density at radius 3 is 2.58 bits per heavy atom. The molecule has 1 aromatic heterocycles. The number of rotatable bonds is 8. The standard InChI is InChI=1S/C20H19NO4S/c1-3-24-18-9-6-15(10-19(18)23-2)20-21-16(13-26-20)12-25-17-7-4-14(11-22)5-8-17/h4-11,13H,3,12H2,1-2H3. The fraction of sp³-hybridized carbons (Fsp3) is 0.200. The molecule has 0 N–H and O–H groups in total. The van der Waals surface area contributed by atoms with Gasteiger partial charge in [0.1, 0.15) is 23.7 Å². The van der Waals surface area contributed by atoms with E-state index < -0.39 is 0 Å². The number of aldehydes is 1. The molecule has 0 aliphatic rings. The molecule has 134 valence electrons. The normalized spacial score (nSPS) is 10.4. The van der Waals surface area contributed by atoms with E-state index in [4.69, 9.17) is 14.2 Å². The van der Waals surface area contributed by atoms with Gasteiger partial charge in [0.05, 0.1) is 19.4 Å². The quantitative estimate of drug-likeness (QED) is 0.543. The van der Waals surface area contributed by atoms with Crippen LogP contribution in [-0.4, -0.2) is 25.0 Å². The molecule has 0 fully saturated rings. The highest BCUT2D eigenvalue weighted by Crippen LogP contribution is 2.33. The van der Waals surface area contributed by atoms with Gasteiger partial charge in [-0.2, -0.15) is 0 Å². The predicted molar refractivity (Wildman–Crippen MR) is 101 cm³/mol. The van der Waals surface area contributed by atoms with E-state index in [1.54, 1.807) is 42.7 Å². The molecule has 1 heterocycles. The van der Waals surface area contributed by atoms with Crippen LogP contribution in [0.25, 0.3) is 10.6 Å². The average molecular weight is 369 g/mol. The molecule has 0 spiro atoms. The van der Waals surface area contributed by atoms with Gasteiger partial charge >= 0.3 is 0 Å². The van der Waals surface area contributed by atoms with E-state index in [9.17, 15) is 4.79 Å². The summed E-state index contributed by atoms with van der Waals surface area (Å²) in [4.78, 5) is 15.3. The van der Waals surface area contributed by atoms with Crippen molar-refractivity contribution in [1.29, 1.82) is 0 Å². The Bertz CT molecular complexity index is 874. The smallest absolute Gasteiger partial charge is 0.161 e. The molecule has 0 saturated heterocycles. The molecule has 0 aliphatic heterocycles. The van der Waals surface area contributed by atoms with E-state index >= 15 is 0 Å². The van der Waals surface area contributed by atoms with Gasteiger partial charge < -0.3 is 14.2 Å². The third-order valence-electron chi connectivity index (χ3n) is 3.67. The zero-order valence-corrected chi connectivity index (χ0v) is 15.4. The number of methoxy groups -OCH3 is 1. The SMILES string of the molecule is CCOc1ccc(-c2nc(COc3ccc(C=O)cc3)cs2)cc1OC. The second-order valence-electron chi connectivity index (χ2n) is 5.42. The third kappa shape index (κ3) is 4.21. The van der Waals surface area contributed by atoms with E-state index in [-0.39, 0.29) is 0 Å². The van der Waals surface area contributed by atoms with Crippen molar-refractivity contribution in [3.05, 3.63) is 59.1 Å². The number of nitrogens with zero attached hydrogens (tertiary/aromatic N) is 1. The van der Waals surface area contributed by atoms with E-state index in [1.807, 2.05) is 30.5 Å². The average Bonchev–Trinajstić information content (AvgIpc) is 3.16. The first-order valence-corrected chi connectivity index (χ1v) is 9.05. The molecular weight excluding hydrogens is 350 g/mol. The van der Waals surface area contributed by atoms with Crippen molar-refractivity contribution in [3.63, 3.8) is 0 Å². The van der Waals surface area contributed by atoms with Gasteiger partial charge in [-0.25, -0.2) is 4.98 Å². The van der Waals surface area contributed by atoms with Crippen molar-refractivity contribution < 1.29 is 19.0 Å². The van der Waals surface area contributed by atoms with Gasteiger partial charge in [0, 0.05) is 16.5 Å². The van der Waals surface area contributed by atoms with Crippen molar-refractivity contribution in [1.82, 2.24) is 4.98 Å². The number of carbonyl (C=O) groups is 1. The maximum Gasteiger partial charge on any atom is 0.161 e. The topological polar surface area (TPSA) is 57.7 Å². The van der Waals surface area contributed by atoms with Gasteiger partial charge in [-0.3, -0.25) is 4.79 Å². The lowest BCUT2D eigenvalue weighted by Crippen LogP contribution is -1.96. The molecule has 0 radical (unpaired) electrons. The zero-order valence-electron chi connectivity index (χ0n) is 14.6. The molecule has 0 saturated carbocycles. The number of hydrogen-bond donors (Lipinski definition) is 0. The third-order valence-corrected chi connectivity index (χ3v) is 4.61. The van der Waals surface area contributed by atoms with Crippen molar-refractivity contribution >= 4 is 17.6 Å². The van der Waals surface area contributed by atoms with Gasteiger partial charge in [-0.15, -0.1) is 11.3 Å². The lowest BCUT2D eigenvalue weighted by molar-refractivity contribution is 0.112. The largest absolute Gasteiger partial charge is 0.493 e. The Balaban J connectivity index is 1.69. The van der Waals surface area contributed by atoms with Gasteiger partial charge in [0.2, 0.25) is 0 Å². The van der Waals surface area contributed by atoms with Crippen molar-refractivity contribution in [2.24, 2.45) is 0 Å². The highest BCUT2D eigenvalue weighted by molar-refractivity contribution is 7.13. The Kier molecular flexibility index (Phi) is 5.86. The van der Waals surface area contributed by atoms with Crippen LogP contribution in [0.2, 0.25) is 0 Å². The van der Waals surface area contributed by atoms with Crippen LogP contribution in [0.1, 0.15) is 23.0 Å². The summed E-state index contributed by atoms with van der Waals surface area (Å²) in [6, 6.07) is 12.8. The number of aromatic nitrogens is 1. The highest BCUT2D eigenvalue weighted by atomic mass is 32.1. The number of hydrogen-bond acceptors (Lipinski definition) is 6. The molecule has 3 aromatic rings. The van der Waals surface area contributed by atoms with Crippen molar-refractivity contribution in [2.45, 2.75) is 13.5 Å². The Morgan fingerprint density at radius 1 is 1.08 bits per heavy atom. The van der Waals surface area contributed by atoms with Crippen LogP contribution < -0.4 is 14.2 Å². The minimum absolute atomic E-state index is 0.366. The van der Waals surface area contributed by atoms with Crippen LogP contribution in [0.5, 0.6) is 17.2 Å². The summed E-state index contributed by atoms with van der Waals surface area (Å²) < 4.78 is 16.7. The Labute approximate surface area is 156 Å². The van der Waals surface area contributed by atoms with Crippen molar-refractivity contribution in [3.8, 4) is 27.8 Å². The predicted octanol–water partition coefficient (Wildman–Crippen LogP) is 4.61. The summed E-state index contributed by atoms with van der Waals surface area (Å²) in [5.74, 6) is 2.11. The molecule has 0 aliphatic carbocycles. The fourth-order valence-electron chi connectivity index (χ4n) is 2.38. The highest BCUT2D eigenvalue weighted by Gasteiger charge is 2.10. The van der Waals surface area contributed by atoms with Crippen LogP contribution in [0.15, 0.2) is 47.8 Å². The fourth-order valence-corrected chi connectivity index (χ4v) is 3.18. The van der Waals surface area contributed by atoms with E-state index in [1.165, 1.54) is 0 Å². The van der Waals surface area contributed by atoms with Gasteiger partial charge in [-0.05, 0) is 49.4 Å². The Morgan fingerprint density at radius 2 is 1.88 bits per heavy atom. The minimum Gasteiger partial charge on any atom is -0.493 e. The van der Waals surface area contributed by atoms with Gasteiger partial charge in [0.25, 0.3) is 0 Å². The maximum absolute atomic E-state index is 10.7. The molecule has 0 unspecified atom stereocenters.